The van der Waals surface area contributed by atoms with Crippen molar-refractivity contribution in [3.8, 4) is 11.5 Å². The number of hydrogen-bond donors (Lipinski definition) is 2. The molecule has 0 atom stereocenters. The van der Waals surface area contributed by atoms with Crippen LogP contribution in [0.25, 0.3) is 11.5 Å². The van der Waals surface area contributed by atoms with Crippen LogP contribution in [0.5, 0.6) is 0 Å². The van der Waals surface area contributed by atoms with Gasteiger partial charge in [0.15, 0.2) is 0 Å². The van der Waals surface area contributed by atoms with E-state index in [1.165, 1.54) is 5.56 Å². The van der Waals surface area contributed by atoms with Gasteiger partial charge >= 0.3 is 0 Å². The molecule has 6 heteroatoms. The summed E-state index contributed by atoms with van der Waals surface area (Å²) in [5.41, 5.74) is 3.88. The maximum Gasteiger partial charge on any atom is 0.226 e. The predicted octanol–water partition coefficient (Wildman–Crippen LogP) is 2.45. The van der Waals surface area contributed by atoms with Gasteiger partial charge < -0.3 is 14.8 Å². The summed E-state index contributed by atoms with van der Waals surface area (Å²) >= 11 is 0. The molecule has 2 N–H and O–H groups in total. The van der Waals surface area contributed by atoms with Crippen LogP contribution >= 0.6 is 0 Å². The minimum Gasteiger partial charge on any atom is -0.444 e. The lowest BCUT2D eigenvalue weighted by Gasteiger charge is -1.99. The summed E-state index contributed by atoms with van der Waals surface area (Å²) in [5.74, 6) is 0.618. The summed E-state index contributed by atoms with van der Waals surface area (Å²) in [6.07, 6.45) is 5.22. The van der Waals surface area contributed by atoms with Crippen LogP contribution in [-0.4, -0.2) is 26.5 Å². The van der Waals surface area contributed by atoms with Crippen molar-refractivity contribution < 1.29 is 9.52 Å². The van der Waals surface area contributed by atoms with E-state index >= 15 is 0 Å². The molecule has 1 aromatic carbocycles. The van der Waals surface area contributed by atoms with E-state index in [2.05, 4.69) is 15.4 Å². The summed E-state index contributed by atoms with van der Waals surface area (Å²) in [6, 6.07) is 8.06. The number of nitrogens with zero attached hydrogens (tertiary/aromatic N) is 3. The molecule has 2 heterocycles. The third-order valence-electron chi connectivity index (χ3n) is 3.29. The molecular weight excluding hydrogens is 280 g/mol. The molecule has 0 spiro atoms. The Morgan fingerprint density at radius 1 is 1.27 bits per heavy atom. The van der Waals surface area contributed by atoms with Gasteiger partial charge in [-0.1, -0.05) is 17.7 Å². The van der Waals surface area contributed by atoms with E-state index in [0.29, 0.717) is 19.0 Å². The van der Waals surface area contributed by atoms with Gasteiger partial charge in [0.2, 0.25) is 5.89 Å². The molecule has 3 aromatic rings. The van der Waals surface area contributed by atoms with Gasteiger partial charge in [-0.2, -0.15) is 5.10 Å². The van der Waals surface area contributed by atoms with Crippen molar-refractivity contribution in [2.75, 3.05) is 11.9 Å². The molecule has 0 saturated carbocycles. The van der Waals surface area contributed by atoms with Gasteiger partial charge in [0.05, 0.1) is 37.3 Å². The number of benzene rings is 1. The molecular formula is C16H18N4O2. The van der Waals surface area contributed by atoms with Crippen LogP contribution in [0.3, 0.4) is 0 Å². The van der Waals surface area contributed by atoms with Gasteiger partial charge in [0.25, 0.3) is 0 Å². The first-order chi connectivity index (χ1) is 10.7. The minimum absolute atomic E-state index is 0.0737. The standard InChI is InChI=1S/C16H18N4O2/c1-12-2-4-13(5-3-12)16-19-15(11-22-16)8-17-14-9-18-20(10-14)6-7-21/h2-5,9-11,17,21H,6-8H2,1H3. The molecule has 22 heavy (non-hydrogen) atoms. The van der Waals surface area contributed by atoms with E-state index in [-0.39, 0.29) is 6.61 Å². The second-order valence-corrected chi connectivity index (χ2v) is 5.08. The number of aromatic nitrogens is 3. The highest BCUT2D eigenvalue weighted by atomic mass is 16.3. The van der Waals surface area contributed by atoms with E-state index < -0.39 is 0 Å². The van der Waals surface area contributed by atoms with Gasteiger partial charge in [0.1, 0.15) is 6.26 Å². The molecule has 3 rings (SSSR count). The van der Waals surface area contributed by atoms with Crippen LogP contribution in [0.15, 0.2) is 47.3 Å². The quantitative estimate of drug-likeness (QED) is 0.731. The van der Waals surface area contributed by atoms with Crippen molar-refractivity contribution >= 4 is 5.69 Å². The molecule has 0 aliphatic carbocycles. The lowest BCUT2D eigenvalue weighted by atomic mass is 10.1. The Morgan fingerprint density at radius 2 is 2.09 bits per heavy atom. The number of aliphatic hydroxyl groups excluding tert-OH is 1. The number of anilines is 1. The van der Waals surface area contributed by atoms with Crippen molar-refractivity contribution in [1.29, 1.82) is 0 Å². The summed E-state index contributed by atoms with van der Waals surface area (Å²) in [4.78, 5) is 4.47. The first-order valence-corrected chi connectivity index (χ1v) is 7.13. The Hall–Kier alpha value is -2.60. The second-order valence-electron chi connectivity index (χ2n) is 5.08. The molecule has 0 fully saturated rings. The van der Waals surface area contributed by atoms with E-state index in [4.69, 9.17) is 9.52 Å². The number of aryl methyl sites for hydroxylation is 1. The van der Waals surface area contributed by atoms with Crippen LogP contribution in [0, 0.1) is 6.92 Å². The number of nitrogens with one attached hydrogen (secondary N) is 1. The lowest BCUT2D eigenvalue weighted by molar-refractivity contribution is 0.269. The van der Waals surface area contributed by atoms with Gasteiger partial charge in [-0.3, -0.25) is 4.68 Å². The number of aliphatic hydroxyl groups is 1. The Morgan fingerprint density at radius 3 is 2.86 bits per heavy atom. The SMILES string of the molecule is Cc1ccc(-c2nc(CNc3cnn(CCO)c3)co2)cc1. The van der Waals surface area contributed by atoms with Crippen LogP contribution in [0.4, 0.5) is 5.69 Å². The second kappa shape index (κ2) is 6.44. The number of rotatable bonds is 6. The fourth-order valence-corrected chi connectivity index (χ4v) is 2.09. The highest BCUT2D eigenvalue weighted by Crippen LogP contribution is 2.19. The van der Waals surface area contributed by atoms with Gasteiger partial charge in [-0.25, -0.2) is 4.98 Å². The van der Waals surface area contributed by atoms with Crippen molar-refractivity contribution in [1.82, 2.24) is 14.8 Å². The number of hydrogen-bond acceptors (Lipinski definition) is 5. The highest BCUT2D eigenvalue weighted by Gasteiger charge is 2.07. The van der Waals surface area contributed by atoms with Crippen LogP contribution in [-0.2, 0) is 13.1 Å². The van der Waals surface area contributed by atoms with Crippen LogP contribution in [0.1, 0.15) is 11.3 Å². The van der Waals surface area contributed by atoms with Gasteiger partial charge in [-0.15, -0.1) is 0 Å². The minimum atomic E-state index is 0.0737. The molecule has 114 valence electrons. The fraction of sp³-hybridized carbons (Fsp3) is 0.250. The summed E-state index contributed by atoms with van der Waals surface area (Å²) in [7, 11) is 0. The van der Waals surface area contributed by atoms with Crippen molar-refractivity contribution in [2.24, 2.45) is 0 Å². The van der Waals surface area contributed by atoms with Gasteiger partial charge in [0, 0.05) is 11.8 Å². The first kappa shape index (κ1) is 14.3. The maximum atomic E-state index is 8.86. The Balaban J connectivity index is 1.62. The zero-order valence-corrected chi connectivity index (χ0v) is 12.4. The Labute approximate surface area is 128 Å². The monoisotopic (exact) mass is 298 g/mol. The smallest absolute Gasteiger partial charge is 0.226 e. The topological polar surface area (TPSA) is 76.1 Å². The molecule has 0 amide bonds. The molecule has 0 bridgehead atoms. The van der Waals surface area contributed by atoms with Crippen LogP contribution in [0.2, 0.25) is 0 Å². The Bertz CT molecular complexity index is 731. The molecule has 0 aliphatic rings. The molecule has 0 saturated heterocycles. The average molecular weight is 298 g/mol. The highest BCUT2D eigenvalue weighted by molar-refractivity contribution is 5.53. The molecule has 0 aliphatic heterocycles. The summed E-state index contributed by atoms with van der Waals surface area (Å²) in [5, 5.41) is 16.2. The van der Waals surface area contributed by atoms with E-state index in [9.17, 15) is 0 Å². The lowest BCUT2D eigenvalue weighted by Crippen LogP contribution is -2.02. The average Bonchev–Trinajstić information content (AvgIpc) is 3.16. The van der Waals surface area contributed by atoms with E-state index in [1.54, 1.807) is 17.1 Å². The van der Waals surface area contributed by atoms with Crippen molar-refractivity contribution in [3.63, 3.8) is 0 Å². The largest absolute Gasteiger partial charge is 0.444 e. The molecule has 0 unspecified atom stereocenters. The summed E-state index contributed by atoms with van der Waals surface area (Å²) in [6.45, 7) is 3.17. The zero-order valence-electron chi connectivity index (χ0n) is 12.4. The third-order valence-corrected chi connectivity index (χ3v) is 3.29. The molecule has 0 radical (unpaired) electrons. The van der Waals surface area contributed by atoms with E-state index in [1.807, 2.05) is 37.4 Å². The third kappa shape index (κ3) is 3.35. The summed E-state index contributed by atoms with van der Waals surface area (Å²) < 4.78 is 7.20. The first-order valence-electron chi connectivity index (χ1n) is 7.13. The van der Waals surface area contributed by atoms with Crippen molar-refractivity contribution in [3.05, 3.63) is 54.2 Å². The van der Waals surface area contributed by atoms with Gasteiger partial charge in [-0.05, 0) is 19.1 Å². The number of oxazole rings is 1. The normalized spacial score (nSPS) is 10.8. The Kier molecular flexibility index (Phi) is 4.20. The maximum absolute atomic E-state index is 8.86. The van der Waals surface area contributed by atoms with Crippen LogP contribution < -0.4 is 5.32 Å². The molecule has 6 nitrogen and oxygen atoms in total. The zero-order chi connectivity index (χ0) is 15.4. The predicted molar refractivity (Wildman–Crippen MR) is 83.3 cm³/mol. The van der Waals surface area contributed by atoms with E-state index in [0.717, 1.165) is 16.9 Å². The fourth-order valence-electron chi connectivity index (χ4n) is 2.09. The van der Waals surface area contributed by atoms with Crippen molar-refractivity contribution in [2.45, 2.75) is 20.0 Å². The molecule has 2 aromatic heterocycles.